The van der Waals surface area contributed by atoms with Gasteiger partial charge < -0.3 is 8.92 Å². The van der Waals surface area contributed by atoms with Crippen molar-refractivity contribution < 1.29 is 17.3 Å². The molecule has 0 spiro atoms. The quantitative estimate of drug-likeness (QED) is 0.389. The molecule has 0 fully saturated rings. The van der Waals surface area contributed by atoms with E-state index in [1.807, 2.05) is 61.5 Å². The van der Waals surface area contributed by atoms with Gasteiger partial charge in [0.05, 0.1) is 7.11 Å². The molecule has 0 aliphatic heterocycles. The van der Waals surface area contributed by atoms with Crippen molar-refractivity contribution in [2.75, 3.05) is 7.11 Å². The summed E-state index contributed by atoms with van der Waals surface area (Å²) in [5, 5.41) is 0. The van der Waals surface area contributed by atoms with Crippen molar-refractivity contribution in [3.05, 3.63) is 101 Å². The molecule has 3 aromatic rings. The van der Waals surface area contributed by atoms with E-state index in [9.17, 15) is 8.42 Å². The molecule has 0 aliphatic rings. The van der Waals surface area contributed by atoms with Gasteiger partial charge in [0.15, 0.2) is 0 Å². The molecule has 0 bridgehead atoms. The van der Waals surface area contributed by atoms with Crippen LogP contribution >= 0.6 is 0 Å². The Balaban J connectivity index is 2.00. The summed E-state index contributed by atoms with van der Waals surface area (Å²) in [6, 6.07) is 24.0. The van der Waals surface area contributed by atoms with Gasteiger partial charge in [-0.2, -0.15) is 8.42 Å². The molecule has 5 heteroatoms. The summed E-state index contributed by atoms with van der Waals surface area (Å²) in [5.74, 6) is 1.08. The molecule has 29 heavy (non-hydrogen) atoms. The maximum atomic E-state index is 12.8. The van der Waals surface area contributed by atoms with E-state index in [2.05, 4.69) is 0 Å². The van der Waals surface area contributed by atoms with E-state index in [0.29, 0.717) is 12.2 Å². The first-order valence-corrected chi connectivity index (χ1v) is 10.7. The lowest BCUT2D eigenvalue weighted by atomic mass is 9.97. The molecule has 0 amide bonds. The summed E-state index contributed by atoms with van der Waals surface area (Å²) in [6.07, 6.45) is 0.544. The van der Waals surface area contributed by atoms with Gasteiger partial charge in [-0.1, -0.05) is 60.2 Å². The van der Waals surface area contributed by atoms with E-state index >= 15 is 0 Å². The minimum absolute atomic E-state index is 0.135. The number of methoxy groups -OCH3 is 1. The van der Waals surface area contributed by atoms with Crippen LogP contribution in [0.5, 0.6) is 5.75 Å². The maximum Gasteiger partial charge on any atom is 0.338 e. The first-order chi connectivity index (χ1) is 13.9. The predicted molar refractivity (Wildman–Crippen MR) is 115 cm³/mol. The van der Waals surface area contributed by atoms with Crippen LogP contribution in [-0.4, -0.2) is 15.5 Å². The highest BCUT2D eigenvalue weighted by Gasteiger charge is 2.19. The molecule has 0 aromatic heterocycles. The standard InChI is InChI=1S/C24H24O4S/c1-18-9-15-23(16-10-18)29(25,26)28-19(2)24(17-20-7-5-4-6-8-20)21-11-13-22(27-3)14-12-21/h4-16H,17H2,1-3H3. The molecule has 0 saturated heterocycles. The molecule has 0 aliphatic carbocycles. The van der Waals surface area contributed by atoms with Gasteiger partial charge in [0.2, 0.25) is 0 Å². The smallest absolute Gasteiger partial charge is 0.338 e. The highest BCUT2D eigenvalue weighted by Crippen LogP contribution is 2.28. The predicted octanol–water partition coefficient (Wildman–Crippen LogP) is 5.38. The molecule has 0 heterocycles. The van der Waals surface area contributed by atoms with E-state index < -0.39 is 10.1 Å². The first-order valence-electron chi connectivity index (χ1n) is 9.28. The Kier molecular flexibility index (Phi) is 6.39. The van der Waals surface area contributed by atoms with Crippen molar-refractivity contribution in [2.24, 2.45) is 0 Å². The van der Waals surface area contributed by atoms with Crippen LogP contribution in [0.3, 0.4) is 0 Å². The Bertz CT molecular complexity index is 1080. The number of rotatable bonds is 7. The third kappa shape index (κ3) is 5.27. The molecule has 150 valence electrons. The van der Waals surface area contributed by atoms with Crippen molar-refractivity contribution in [3.8, 4) is 5.75 Å². The van der Waals surface area contributed by atoms with Crippen LogP contribution in [0, 0.1) is 6.92 Å². The number of allylic oxidation sites excluding steroid dienone is 2. The highest BCUT2D eigenvalue weighted by atomic mass is 32.2. The van der Waals surface area contributed by atoms with Gasteiger partial charge in [-0.05, 0) is 49.2 Å². The zero-order chi connectivity index (χ0) is 20.9. The Labute approximate surface area is 172 Å². The van der Waals surface area contributed by atoms with Crippen LogP contribution in [-0.2, 0) is 20.7 Å². The summed E-state index contributed by atoms with van der Waals surface area (Å²) in [4.78, 5) is 0.135. The second-order valence-corrected chi connectivity index (χ2v) is 8.32. The van der Waals surface area contributed by atoms with Gasteiger partial charge in [-0.25, -0.2) is 0 Å². The molecule has 3 rings (SSSR count). The van der Waals surface area contributed by atoms with Crippen LogP contribution in [0.25, 0.3) is 5.57 Å². The minimum atomic E-state index is -3.92. The Hall–Kier alpha value is -3.05. The van der Waals surface area contributed by atoms with E-state index in [0.717, 1.165) is 28.0 Å². The molecular weight excluding hydrogens is 384 g/mol. The third-order valence-electron chi connectivity index (χ3n) is 4.63. The topological polar surface area (TPSA) is 52.6 Å². The number of hydrogen-bond donors (Lipinski definition) is 0. The molecular formula is C24H24O4S. The average molecular weight is 409 g/mol. The lowest BCUT2D eigenvalue weighted by Gasteiger charge is -2.15. The fraction of sp³-hybridized carbons (Fsp3) is 0.167. The summed E-state index contributed by atoms with van der Waals surface area (Å²) in [5.41, 5.74) is 3.73. The van der Waals surface area contributed by atoms with E-state index in [4.69, 9.17) is 8.92 Å². The monoisotopic (exact) mass is 408 g/mol. The van der Waals surface area contributed by atoms with Crippen LogP contribution in [0.2, 0.25) is 0 Å². The van der Waals surface area contributed by atoms with Gasteiger partial charge in [-0.15, -0.1) is 0 Å². The zero-order valence-corrected chi connectivity index (χ0v) is 17.6. The summed E-state index contributed by atoms with van der Waals surface area (Å²) in [6.45, 7) is 3.60. The van der Waals surface area contributed by atoms with Crippen molar-refractivity contribution in [1.29, 1.82) is 0 Å². The third-order valence-corrected chi connectivity index (χ3v) is 5.95. The van der Waals surface area contributed by atoms with E-state index in [-0.39, 0.29) is 4.90 Å². The second kappa shape index (κ2) is 8.97. The molecule has 0 saturated carbocycles. The van der Waals surface area contributed by atoms with Crippen LogP contribution < -0.4 is 4.74 Å². The van der Waals surface area contributed by atoms with Gasteiger partial charge >= 0.3 is 10.1 Å². The summed E-state index contributed by atoms with van der Waals surface area (Å²) in [7, 11) is -2.31. The van der Waals surface area contributed by atoms with Crippen molar-refractivity contribution in [2.45, 2.75) is 25.2 Å². The second-order valence-electron chi connectivity index (χ2n) is 6.78. The molecule has 3 aromatic carbocycles. The van der Waals surface area contributed by atoms with Crippen molar-refractivity contribution in [3.63, 3.8) is 0 Å². The fourth-order valence-electron chi connectivity index (χ4n) is 2.99. The number of benzene rings is 3. The largest absolute Gasteiger partial charge is 0.497 e. The summed E-state index contributed by atoms with van der Waals surface area (Å²) < 4.78 is 36.3. The minimum Gasteiger partial charge on any atom is -0.497 e. The van der Waals surface area contributed by atoms with E-state index in [1.54, 1.807) is 38.3 Å². The van der Waals surface area contributed by atoms with Gasteiger partial charge in [-0.3, -0.25) is 0 Å². The van der Waals surface area contributed by atoms with E-state index in [1.165, 1.54) is 0 Å². The maximum absolute atomic E-state index is 12.8. The molecule has 0 N–H and O–H groups in total. The van der Waals surface area contributed by atoms with Crippen LogP contribution in [0.4, 0.5) is 0 Å². The molecule has 0 unspecified atom stereocenters. The molecule has 4 nitrogen and oxygen atoms in total. The average Bonchev–Trinajstić information content (AvgIpc) is 2.73. The Morgan fingerprint density at radius 3 is 2.07 bits per heavy atom. The SMILES string of the molecule is COc1ccc(C(Cc2ccccc2)=C(C)OS(=O)(=O)c2ccc(C)cc2)cc1. The lowest BCUT2D eigenvalue weighted by molar-refractivity contribution is 0.409. The lowest BCUT2D eigenvalue weighted by Crippen LogP contribution is -2.07. The number of hydrogen-bond acceptors (Lipinski definition) is 4. The van der Waals surface area contributed by atoms with Crippen molar-refractivity contribution in [1.82, 2.24) is 0 Å². The van der Waals surface area contributed by atoms with Gasteiger partial charge in [0.25, 0.3) is 0 Å². The zero-order valence-electron chi connectivity index (χ0n) is 16.8. The van der Waals surface area contributed by atoms with Crippen molar-refractivity contribution >= 4 is 15.7 Å². The Morgan fingerprint density at radius 2 is 1.48 bits per heavy atom. The fourth-order valence-corrected chi connectivity index (χ4v) is 3.99. The molecule has 0 atom stereocenters. The van der Waals surface area contributed by atoms with Crippen LogP contribution in [0.15, 0.2) is 89.5 Å². The Morgan fingerprint density at radius 1 is 0.862 bits per heavy atom. The molecule has 0 radical (unpaired) electrons. The highest BCUT2D eigenvalue weighted by molar-refractivity contribution is 7.86. The number of ether oxygens (including phenoxy) is 1. The normalized spacial score (nSPS) is 12.2. The summed E-state index contributed by atoms with van der Waals surface area (Å²) >= 11 is 0. The van der Waals surface area contributed by atoms with Crippen LogP contribution in [0.1, 0.15) is 23.6 Å². The number of aryl methyl sites for hydroxylation is 1. The van der Waals surface area contributed by atoms with Gasteiger partial charge in [0, 0.05) is 12.0 Å². The first kappa shape index (κ1) is 20.7. The van der Waals surface area contributed by atoms with Gasteiger partial charge in [0.1, 0.15) is 16.4 Å².